The molecular formula is C18H17BrF3NO5. The Labute approximate surface area is 167 Å². The first-order valence-electron chi connectivity index (χ1n) is 8.31. The van der Waals surface area contributed by atoms with Crippen LogP contribution in [0.1, 0.15) is 5.69 Å². The number of ether oxygens (including phenoxy) is 3. The number of pyridine rings is 1. The maximum absolute atomic E-state index is 12.7. The molecule has 1 saturated heterocycles. The van der Waals surface area contributed by atoms with Gasteiger partial charge in [0.15, 0.2) is 6.10 Å². The van der Waals surface area contributed by atoms with Crippen LogP contribution in [0, 0.1) is 0 Å². The molecule has 1 aliphatic rings. The molecule has 2 N–H and O–H groups in total. The van der Waals surface area contributed by atoms with E-state index in [1.165, 1.54) is 6.07 Å². The van der Waals surface area contributed by atoms with Gasteiger partial charge in [0.1, 0.15) is 36.4 Å². The van der Waals surface area contributed by atoms with Crippen molar-refractivity contribution in [3.63, 3.8) is 0 Å². The molecule has 0 saturated carbocycles. The number of aromatic nitrogens is 1. The summed E-state index contributed by atoms with van der Waals surface area (Å²) in [6.07, 6.45) is -9.25. The highest BCUT2D eigenvalue weighted by Gasteiger charge is 2.40. The van der Waals surface area contributed by atoms with Crippen LogP contribution in [0.3, 0.4) is 0 Å². The molecule has 4 atom stereocenters. The number of nitrogens with zero attached hydrogens (tertiary/aromatic N) is 1. The Hall–Kier alpha value is -1.88. The van der Waals surface area contributed by atoms with Crippen LogP contribution in [-0.2, 0) is 10.9 Å². The van der Waals surface area contributed by atoms with E-state index in [4.69, 9.17) is 14.2 Å². The van der Waals surface area contributed by atoms with Crippen LogP contribution in [0.15, 0.2) is 46.9 Å². The molecule has 0 bridgehead atoms. The second kappa shape index (κ2) is 8.64. The van der Waals surface area contributed by atoms with Crippen LogP contribution >= 0.6 is 15.9 Å². The van der Waals surface area contributed by atoms with Crippen LogP contribution < -0.4 is 9.47 Å². The van der Waals surface area contributed by atoms with Crippen molar-refractivity contribution in [1.82, 2.24) is 4.98 Å². The number of hydrogen-bond donors (Lipinski definition) is 2. The topological polar surface area (TPSA) is 81.0 Å². The Bertz CT molecular complexity index is 790. The third-order valence-corrected chi connectivity index (χ3v) is 4.63. The van der Waals surface area contributed by atoms with E-state index < -0.39 is 36.3 Å². The third-order valence-electron chi connectivity index (χ3n) is 4.10. The SMILES string of the molecule is O[C@@H]1[C@H](O)[C@@H](Oc2cccc(C(F)(F)F)n2)CO[C@@H]1COc1ccc(Br)cc1. The Balaban J connectivity index is 1.58. The van der Waals surface area contributed by atoms with Gasteiger partial charge in [0, 0.05) is 10.5 Å². The number of aliphatic hydroxyl groups excluding tert-OH is 2. The van der Waals surface area contributed by atoms with E-state index in [0.717, 1.165) is 16.6 Å². The molecule has 10 heteroatoms. The molecule has 1 aromatic carbocycles. The Kier molecular flexibility index (Phi) is 6.43. The molecule has 0 unspecified atom stereocenters. The molecule has 152 valence electrons. The first-order valence-corrected chi connectivity index (χ1v) is 9.10. The van der Waals surface area contributed by atoms with Crippen molar-refractivity contribution in [2.24, 2.45) is 0 Å². The summed E-state index contributed by atoms with van der Waals surface area (Å²) < 4.78 is 55.4. The minimum atomic E-state index is -4.62. The van der Waals surface area contributed by atoms with Crippen molar-refractivity contribution in [2.45, 2.75) is 30.6 Å². The summed E-state index contributed by atoms with van der Waals surface area (Å²) in [5, 5.41) is 20.5. The summed E-state index contributed by atoms with van der Waals surface area (Å²) in [6.45, 7) is -0.168. The summed E-state index contributed by atoms with van der Waals surface area (Å²) in [4.78, 5) is 3.38. The zero-order valence-corrected chi connectivity index (χ0v) is 15.9. The van der Waals surface area contributed by atoms with Gasteiger partial charge in [0.2, 0.25) is 5.88 Å². The van der Waals surface area contributed by atoms with E-state index in [9.17, 15) is 23.4 Å². The smallest absolute Gasteiger partial charge is 0.433 e. The lowest BCUT2D eigenvalue weighted by atomic mass is 10.0. The standard InChI is InChI=1S/C18H17BrF3NO5/c19-10-4-6-11(7-5-10)26-8-12-16(24)17(25)13(9-27-12)28-15-3-1-2-14(23-15)18(20,21)22/h1-7,12-13,16-17,24-25H,8-9H2/t12-,13+,16+,17-/m1/s1. The highest BCUT2D eigenvalue weighted by atomic mass is 79.9. The molecule has 1 aromatic heterocycles. The fraction of sp³-hybridized carbons (Fsp3) is 0.389. The van der Waals surface area contributed by atoms with Crippen molar-refractivity contribution in [2.75, 3.05) is 13.2 Å². The van der Waals surface area contributed by atoms with Crippen LogP contribution in [0.5, 0.6) is 11.6 Å². The zero-order chi connectivity index (χ0) is 20.3. The van der Waals surface area contributed by atoms with E-state index in [0.29, 0.717) is 5.75 Å². The van der Waals surface area contributed by atoms with E-state index in [1.54, 1.807) is 24.3 Å². The molecule has 6 nitrogen and oxygen atoms in total. The predicted molar refractivity (Wildman–Crippen MR) is 95.0 cm³/mol. The molecule has 0 spiro atoms. The highest BCUT2D eigenvalue weighted by Crippen LogP contribution is 2.29. The lowest BCUT2D eigenvalue weighted by Crippen LogP contribution is -2.56. The fourth-order valence-corrected chi connectivity index (χ4v) is 2.87. The second-order valence-corrected chi connectivity index (χ2v) is 7.05. The summed E-state index contributed by atoms with van der Waals surface area (Å²) in [5.74, 6) is 0.235. The maximum atomic E-state index is 12.7. The highest BCUT2D eigenvalue weighted by molar-refractivity contribution is 9.10. The van der Waals surface area contributed by atoms with Gasteiger partial charge in [-0.25, -0.2) is 4.98 Å². The van der Waals surface area contributed by atoms with Gasteiger partial charge >= 0.3 is 6.18 Å². The van der Waals surface area contributed by atoms with Gasteiger partial charge < -0.3 is 24.4 Å². The number of halogens is 4. The molecular weight excluding hydrogens is 447 g/mol. The molecule has 2 heterocycles. The van der Waals surface area contributed by atoms with E-state index >= 15 is 0 Å². The molecule has 1 aliphatic heterocycles. The monoisotopic (exact) mass is 463 g/mol. The molecule has 2 aromatic rings. The Morgan fingerprint density at radius 1 is 1.11 bits per heavy atom. The largest absolute Gasteiger partial charge is 0.491 e. The van der Waals surface area contributed by atoms with Crippen molar-refractivity contribution in [1.29, 1.82) is 0 Å². The Morgan fingerprint density at radius 2 is 1.82 bits per heavy atom. The van der Waals surface area contributed by atoms with Gasteiger partial charge in [-0.1, -0.05) is 22.0 Å². The summed E-state index contributed by atoms with van der Waals surface area (Å²) in [7, 11) is 0. The van der Waals surface area contributed by atoms with Gasteiger partial charge in [-0.05, 0) is 30.3 Å². The van der Waals surface area contributed by atoms with E-state index in [-0.39, 0.29) is 19.1 Å². The minimum Gasteiger partial charge on any atom is -0.491 e. The van der Waals surface area contributed by atoms with Crippen LogP contribution in [-0.4, -0.2) is 52.8 Å². The number of aliphatic hydroxyl groups is 2. The average Bonchev–Trinajstić information content (AvgIpc) is 2.66. The third kappa shape index (κ3) is 5.13. The van der Waals surface area contributed by atoms with E-state index in [1.807, 2.05) is 0 Å². The lowest BCUT2D eigenvalue weighted by molar-refractivity contribution is -0.187. The molecule has 0 radical (unpaired) electrons. The lowest BCUT2D eigenvalue weighted by Gasteiger charge is -2.37. The number of alkyl halides is 3. The van der Waals surface area contributed by atoms with Gasteiger partial charge in [0.05, 0.1) is 6.61 Å². The van der Waals surface area contributed by atoms with Gasteiger partial charge in [-0.15, -0.1) is 0 Å². The van der Waals surface area contributed by atoms with E-state index in [2.05, 4.69) is 20.9 Å². The van der Waals surface area contributed by atoms with Gasteiger partial charge in [0.25, 0.3) is 0 Å². The molecule has 28 heavy (non-hydrogen) atoms. The summed E-state index contributed by atoms with van der Waals surface area (Å²) in [6, 6.07) is 10.2. The quantitative estimate of drug-likeness (QED) is 0.709. The number of benzene rings is 1. The summed E-state index contributed by atoms with van der Waals surface area (Å²) in [5.41, 5.74) is -1.11. The van der Waals surface area contributed by atoms with Crippen LogP contribution in [0.4, 0.5) is 13.2 Å². The summed E-state index contributed by atoms with van der Waals surface area (Å²) >= 11 is 3.30. The normalized spacial score (nSPS) is 25.4. The molecule has 0 aliphatic carbocycles. The van der Waals surface area contributed by atoms with Crippen LogP contribution in [0.25, 0.3) is 0 Å². The number of hydrogen-bond acceptors (Lipinski definition) is 6. The average molecular weight is 464 g/mol. The molecule has 0 amide bonds. The zero-order valence-electron chi connectivity index (χ0n) is 14.3. The molecule has 1 fully saturated rings. The van der Waals surface area contributed by atoms with Crippen molar-refractivity contribution < 1.29 is 37.6 Å². The predicted octanol–water partition coefficient (Wildman–Crippen LogP) is 2.81. The van der Waals surface area contributed by atoms with Crippen LogP contribution in [0.2, 0.25) is 0 Å². The second-order valence-electron chi connectivity index (χ2n) is 6.13. The fourth-order valence-electron chi connectivity index (χ4n) is 2.61. The Morgan fingerprint density at radius 3 is 2.50 bits per heavy atom. The first-order chi connectivity index (χ1) is 13.2. The minimum absolute atomic E-state index is 0.0195. The van der Waals surface area contributed by atoms with Gasteiger partial charge in [-0.2, -0.15) is 13.2 Å². The van der Waals surface area contributed by atoms with Crippen molar-refractivity contribution >= 4 is 15.9 Å². The van der Waals surface area contributed by atoms with Crippen molar-refractivity contribution in [3.05, 3.63) is 52.6 Å². The van der Waals surface area contributed by atoms with Gasteiger partial charge in [-0.3, -0.25) is 0 Å². The number of rotatable bonds is 5. The first kappa shape index (κ1) is 20.8. The maximum Gasteiger partial charge on any atom is 0.433 e. The van der Waals surface area contributed by atoms with Crippen molar-refractivity contribution in [3.8, 4) is 11.6 Å². The molecule has 3 rings (SSSR count).